The van der Waals surface area contributed by atoms with Gasteiger partial charge < -0.3 is 9.73 Å². The first-order chi connectivity index (χ1) is 11.6. The zero-order chi connectivity index (χ0) is 16.9. The van der Waals surface area contributed by atoms with E-state index in [2.05, 4.69) is 17.1 Å². The summed E-state index contributed by atoms with van der Waals surface area (Å²) in [5, 5.41) is 3.64. The minimum Gasteiger partial charge on any atom is -0.459 e. The van der Waals surface area contributed by atoms with Crippen molar-refractivity contribution in [2.75, 3.05) is 13.1 Å². The normalized spacial score (nSPS) is 18.5. The third-order valence-electron chi connectivity index (χ3n) is 4.54. The number of rotatable bonds is 5. The highest BCUT2D eigenvalue weighted by Crippen LogP contribution is 2.23. The second-order valence-corrected chi connectivity index (χ2v) is 6.80. The van der Waals surface area contributed by atoms with Crippen LogP contribution in [-0.2, 0) is 11.3 Å². The predicted molar refractivity (Wildman–Crippen MR) is 95.9 cm³/mol. The first kappa shape index (κ1) is 17.1. The highest BCUT2D eigenvalue weighted by atomic mass is 35.5. The molecule has 1 aliphatic heterocycles. The molecular weight excluding hydrogens is 324 g/mol. The molecule has 1 fully saturated rings. The summed E-state index contributed by atoms with van der Waals surface area (Å²) in [5.41, 5.74) is 0.971. The first-order valence-corrected chi connectivity index (χ1v) is 8.85. The van der Waals surface area contributed by atoms with E-state index in [4.69, 9.17) is 16.0 Å². The summed E-state index contributed by atoms with van der Waals surface area (Å²) in [5.74, 6) is 1.58. The fraction of sp³-hybridized carbons (Fsp3) is 0.421. The molecule has 1 aliphatic rings. The lowest BCUT2D eigenvalue weighted by Crippen LogP contribution is -2.44. The molecule has 1 saturated heterocycles. The van der Waals surface area contributed by atoms with Gasteiger partial charge in [0.2, 0.25) is 5.91 Å². The molecular formula is C19H23ClN2O2. The van der Waals surface area contributed by atoms with Crippen LogP contribution in [0, 0.1) is 0 Å². The van der Waals surface area contributed by atoms with Gasteiger partial charge in [-0.2, -0.15) is 0 Å². The van der Waals surface area contributed by atoms with Gasteiger partial charge in [0, 0.05) is 16.6 Å². The Morgan fingerprint density at radius 2 is 2.04 bits per heavy atom. The first-order valence-electron chi connectivity index (χ1n) is 8.47. The third-order valence-corrected chi connectivity index (χ3v) is 4.79. The Morgan fingerprint density at radius 1 is 1.25 bits per heavy atom. The lowest BCUT2D eigenvalue weighted by atomic mass is 10.0. The molecule has 1 N–H and O–H groups in total. The van der Waals surface area contributed by atoms with Gasteiger partial charge in [0.05, 0.1) is 13.1 Å². The van der Waals surface area contributed by atoms with E-state index in [1.54, 1.807) is 0 Å². The minimum absolute atomic E-state index is 0.0493. The molecule has 128 valence electrons. The van der Waals surface area contributed by atoms with E-state index in [0.29, 0.717) is 24.2 Å². The largest absolute Gasteiger partial charge is 0.459 e. The van der Waals surface area contributed by atoms with Gasteiger partial charge in [0.25, 0.3) is 0 Å². The van der Waals surface area contributed by atoms with Crippen molar-refractivity contribution >= 4 is 17.5 Å². The van der Waals surface area contributed by atoms with Crippen molar-refractivity contribution in [2.24, 2.45) is 0 Å². The fourth-order valence-electron chi connectivity index (χ4n) is 3.06. The van der Waals surface area contributed by atoms with Crippen molar-refractivity contribution in [3.05, 3.63) is 47.2 Å². The van der Waals surface area contributed by atoms with Crippen LogP contribution in [0.4, 0.5) is 0 Å². The van der Waals surface area contributed by atoms with Crippen LogP contribution < -0.4 is 5.32 Å². The van der Waals surface area contributed by atoms with Crippen molar-refractivity contribution in [2.45, 2.75) is 38.8 Å². The summed E-state index contributed by atoms with van der Waals surface area (Å²) >= 11 is 5.90. The second-order valence-electron chi connectivity index (χ2n) is 6.36. The molecule has 1 atom stereocenters. The SMILES string of the molecule is CC1CCCCN1CC(=O)NCc1ccc(-c2ccc(Cl)cc2)o1. The summed E-state index contributed by atoms with van der Waals surface area (Å²) in [6.07, 6.45) is 3.62. The van der Waals surface area contributed by atoms with E-state index in [-0.39, 0.29) is 5.91 Å². The van der Waals surface area contributed by atoms with Gasteiger partial charge in [-0.3, -0.25) is 9.69 Å². The maximum Gasteiger partial charge on any atom is 0.234 e. The molecule has 0 radical (unpaired) electrons. The van der Waals surface area contributed by atoms with Crippen molar-refractivity contribution in [1.29, 1.82) is 0 Å². The Kier molecular flexibility index (Phi) is 5.59. The Labute approximate surface area is 147 Å². The lowest BCUT2D eigenvalue weighted by Gasteiger charge is -2.32. The third kappa shape index (κ3) is 4.40. The minimum atomic E-state index is 0.0493. The monoisotopic (exact) mass is 346 g/mol. The molecule has 4 nitrogen and oxygen atoms in total. The van der Waals surface area contributed by atoms with E-state index in [1.165, 1.54) is 19.3 Å². The number of likely N-dealkylation sites (tertiary alicyclic amines) is 1. The Bertz CT molecular complexity index is 681. The second kappa shape index (κ2) is 7.86. The van der Waals surface area contributed by atoms with E-state index < -0.39 is 0 Å². The van der Waals surface area contributed by atoms with Gasteiger partial charge in [-0.05, 0) is 62.7 Å². The van der Waals surface area contributed by atoms with Crippen LogP contribution in [0.3, 0.4) is 0 Å². The highest BCUT2D eigenvalue weighted by molar-refractivity contribution is 6.30. The highest BCUT2D eigenvalue weighted by Gasteiger charge is 2.20. The molecule has 0 saturated carbocycles. The number of nitrogens with one attached hydrogen (secondary N) is 1. The zero-order valence-corrected chi connectivity index (χ0v) is 14.7. The quantitative estimate of drug-likeness (QED) is 0.886. The summed E-state index contributed by atoms with van der Waals surface area (Å²) in [6, 6.07) is 11.8. The number of benzene rings is 1. The number of hydrogen-bond donors (Lipinski definition) is 1. The molecule has 0 bridgehead atoms. The molecule has 1 aromatic heterocycles. The van der Waals surface area contributed by atoms with E-state index in [9.17, 15) is 4.79 Å². The van der Waals surface area contributed by atoms with Gasteiger partial charge in [-0.1, -0.05) is 18.0 Å². The van der Waals surface area contributed by atoms with E-state index in [1.807, 2.05) is 36.4 Å². The van der Waals surface area contributed by atoms with Crippen LogP contribution in [0.25, 0.3) is 11.3 Å². The number of furan rings is 1. The Morgan fingerprint density at radius 3 is 2.79 bits per heavy atom. The number of hydrogen-bond acceptors (Lipinski definition) is 3. The summed E-state index contributed by atoms with van der Waals surface area (Å²) in [6.45, 7) is 4.08. The maximum absolute atomic E-state index is 12.1. The smallest absolute Gasteiger partial charge is 0.234 e. The van der Waals surface area contributed by atoms with E-state index >= 15 is 0 Å². The van der Waals surface area contributed by atoms with Crippen molar-refractivity contribution in [3.63, 3.8) is 0 Å². The summed E-state index contributed by atoms with van der Waals surface area (Å²) in [4.78, 5) is 14.4. The number of halogens is 1. The van der Waals surface area contributed by atoms with Crippen LogP contribution in [0.5, 0.6) is 0 Å². The molecule has 1 amide bonds. The molecule has 0 aliphatic carbocycles. The summed E-state index contributed by atoms with van der Waals surface area (Å²) in [7, 11) is 0. The zero-order valence-electron chi connectivity index (χ0n) is 13.9. The number of carbonyl (C=O) groups is 1. The fourth-order valence-corrected chi connectivity index (χ4v) is 3.19. The number of carbonyl (C=O) groups excluding carboxylic acids is 1. The topological polar surface area (TPSA) is 45.5 Å². The molecule has 0 spiro atoms. The maximum atomic E-state index is 12.1. The van der Waals surface area contributed by atoms with Gasteiger partial charge >= 0.3 is 0 Å². The Hall–Kier alpha value is -1.78. The molecule has 2 aromatic rings. The number of amides is 1. The van der Waals surface area contributed by atoms with Gasteiger partial charge in [-0.25, -0.2) is 0 Å². The standard InChI is InChI=1S/C19H23ClN2O2/c1-14-4-2-3-11-22(14)13-19(23)21-12-17-9-10-18(24-17)15-5-7-16(20)8-6-15/h5-10,14H,2-4,11-13H2,1H3,(H,21,23). The van der Waals surface area contributed by atoms with Crippen molar-refractivity contribution in [1.82, 2.24) is 10.2 Å². The van der Waals surface area contributed by atoms with Crippen molar-refractivity contribution < 1.29 is 9.21 Å². The molecule has 1 aromatic carbocycles. The van der Waals surface area contributed by atoms with E-state index in [0.717, 1.165) is 23.6 Å². The van der Waals surface area contributed by atoms with Gasteiger partial charge in [0.1, 0.15) is 11.5 Å². The molecule has 3 rings (SSSR count). The van der Waals surface area contributed by atoms with Crippen LogP contribution >= 0.6 is 11.6 Å². The Balaban J connectivity index is 1.51. The van der Waals surface area contributed by atoms with Gasteiger partial charge in [0.15, 0.2) is 0 Å². The van der Waals surface area contributed by atoms with Crippen LogP contribution in [0.2, 0.25) is 5.02 Å². The average molecular weight is 347 g/mol. The van der Waals surface area contributed by atoms with Crippen LogP contribution in [-0.4, -0.2) is 29.9 Å². The van der Waals surface area contributed by atoms with Crippen LogP contribution in [0.15, 0.2) is 40.8 Å². The molecule has 24 heavy (non-hydrogen) atoms. The summed E-state index contributed by atoms with van der Waals surface area (Å²) < 4.78 is 5.80. The van der Waals surface area contributed by atoms with Crippen LogP contribution in [0.1, 0.15) is 31.9 Å². The average Bonchev–Trinajstić information content (AvgIpc) is 3.05. The van der Waals surface area contributed by atoms with Gasteiger partial charge in [-0.15, -0.1) is 0 Å². The lowest BCUT2D eigenvalue weighted by molar-refractivity contribution is -0.123. The number of piperidine rings is 1. The number of nitrogens with zero attached hydrogens (tertiary/aromatic N) is 1. The van der Waals surface area contributed by atoms with Crippen molar-refractivity contribution in [3.8, 4) is 11.3 Å². The molecule has 1 unspecified atom stereocenters. The molecule has 2 heterocycles. The predicted octanol–water partition coefficient (Wildman–Crippen LogP) is 4.09. The molecule has 5 heteroatoms.